The van der Waals surface area contributed by atoms with Gasteiger partial charge in [0.25, 0.3) is 0 Å². The molecular formula is C22H38O4. The second-order valence-electron chi connectivity index (χ2n) is 7.05. The first-order valence-corrected chi connectivity index (χ1v) is 10.3. The number of phenols is 2. The molecule has 0 amide bonds. The molecule has 0 fully saturated rings. The van der Waals surface area contributed by atoms with Crippen LogP contribution < -0.4 is 9.47 Å². The number of rotatable bonds is 14. The average Bonchev–Trinajstić information content (AvgIpc) is 2.65. The standard InChI is InChI=1S/C22H38O4/c1-5-7-9-11-13-15-17-18(16-14-12-10-8-6-2)21(25-3)22(26-4)20(24)19(17)23/h23-24H,5-16H2,1-4H3. The van der Waals surface area contributed by atoms with Crippen LogP contribution in [-0.4, -0.2) is 24.4 Å². The summed E-state index contributed by atoms with van der Waals surface area (Å²) in [6.07, 6.45) is 13.3. The molecule has 0 spiro atoms. The first-order chi connectivity index (χ1) is 12.6. The van der Waals surface area contributed by atoms with Gasteiger partial charge in [-0.15, -0.1) is 0 Å². The summed E-state index contributed by atoms with van der Waals surface area (Å²) >= 11 is 0. The lowest BCUT2D eigenvalue weighted by atomic mass is 9.93. The van der Waals surface area contributed by atoms with E-state index in [2.05, 4.69) is 13.8 Å². The summed E-state index contributed by atoms with van der Waals surface area (Å²) in [4.78, 5) is 0. The normalized spacial score (nSPS) is 10.9. The minimum Gasteiger partial charge on any atom is -0.504 e. The maximum atomic E-state index is 10.6. The maximum absolute atomic E-state index is 10.6. The molecule has 0 atom stereocenters. The fourth-order valence-electron chi connectivity index (χ4n) is 3.52. The Hall–Kier alpha value is -1.58. The van der Waals surface area contributed by atoms with E-state index in [1.165, 1.54) is 45.6 Å². The molecule has 0 aliphatic heterocycles. The number of hydrogen-bond acceptors (Lipinski definition) is 4. The van der Waals surface area contributed by atoms with Crippen molar-refractivity contribution in [2.75, 3.05) is 14.2 Å². The zero-order valence-electron chi connectivity index (χ0n) is 17.2. The molecular weight excluding hydrogens is 328 g/mol. The monoisotopic (exact) mass is 366 g/mol. The predicted molar refractivity (Wildman–Crippen MR) is 108 cm³/mol. The van der Waals surface area contributed by atoms with E-state index in [1.807, 2.05) is 0 Å². The molecule has 4 heteroatoms. The molecule has 1 rings (SSSR count). The molecule has 150 valence electrons. The zero-order chi connectivity index (χ0) is 19.4. The van der Waals surface area contributed by atoms with Crippen LogP contribution in [-0.2, 0) is 12.8 Å². The van der Waals surface area contributed by atoms with Gasteiger partial charge in [0.15, 0.2) is 11.5 Å². The van der Waals surface area contributed by atoms with E-state index >= 15 is 0 Å². The second kappa shape index (κ2) is 12.7. The van der Waals surface area contributed by atoms with Gasteiger partial charge in [-0.1, -0.05) is 65.2 Å². The lowest BCUT2D eigenvalue weighted by Crippen LogP contribution is -2.03. The second-order valence-corrected chi connectivity index (χ2v) is 7.05. The van der Waals surface area contributed by atoms with Crippen molar-refractivity contribution in [3.05, 3.63) is 11.1 Å². The number of aromatic hydroxyl groups is 2. The predicted octanol–water partition coefficient (Wildman–Crippen LogP) is 6.14. The van der Waals surface area contributed by atoms with Crippen molar-refractivity contribution in [2.45, 2.75) is 90.9 Å². The minimum absolute atomic E-state index is 0.0401. The van der Waals surface area contributed by atoms with Crippen molar-refractivity contribution < 1.29 is 19.7 Å². The number of ether oxygens (including phenoxy) is 2. The van der Waals surface area contributed by atoms with Gasteiger partial charge in [-0.2, -0.15) is 0 Å². The summed E-state index contributed by atoms with van der Waals surface area (Å²) in [5.74, 6) is 0.564. The highest BCUT2D eigenvalue weighted by Gasteiger charge is 2.24. The molecule has 4 nitrogen and oxygen atoms in total. The summed E-state index contributed by atoms with van der Waals surface area (Å²) in [5, 5.41) is 20.9. The van der Waals surface area contributed by atoms with E-state index in [0.29, 0.717) is 5.75 Å². The lowest BCUT2D eigenvalue weighted by Gasteiger charge is -2.20. The third-order valence-corrected chi connectivity index (χ3v) is 5.04. The minimum atomic E-state index is -0.206. The molecule has 1 aromatic rings. The highest BCUT2D eigenvalue weighted by atomic mass is 16.5. The van der Waals surface area contributed by atoms with Crippen molar-refractivity contribution in [2.24, 2.45) is 0 Å². The Morgan fingerprint density at radius 3 is 1.50 bits per heavy atom. The van der Waals surface area contributed by atoms with Crippen LogP contribution in [0.25, 0.3) is 0 Å². The SMILES string of the molecule is CCCCCCCc1c(O)c(O)c(OC)c(OC)c1CCCCCCC. The van der Waals surface area contributed by atoms with Crippen LogP contribution in [0.1, 0.15) is 89.2 Å². The van der Waals surface area contributed by atoms with Crippen LogP contribution in [0.5, 0.6) is 23.0 Å². The number of phenolic OH excluding ortho intramolecular Hbond substituents is 2. The molecule has 0 aliphatic carbocycles. The van der Waals surface area contributed by atoms with Crippen LogP contribution in [0.4, 0.5) is 0 Å². The third-order valence-electron chi connectivity index (χ3n) is 5.04. The molecule has 0 heterocycles. The van der Waals surface area contributed by atoms with Gasteiger partial charge >= 0.3 is 0 Å². The zero-order valence-corrected chi connectivity index (χ0v) is 17.2. The molecule has 0 unspecified atom stereocenters. The number of methoxy groups -OCH3 is 2. The Labute approximate surface area is 159 Å². The fourth-order valence-corrected chi connectivity index (χ4v) is 3.52. The Bertz CT molecular complexity index is 526. The van der Waals surface area contributed by atoms with E-state index in [4.69, 9.17) is 9.47 Å². The van der Waals surface area contributed by atoms with Crippen molar-refractivity contribution >= 4 is 0 Å². The van der Waals surface area contributed by atoms with Crippen LogP contribution in [0.3, 0.4) is 0 Å². The van der Waals surface area contributed by atoms with Gasteiger partial charge in [-0.05, 0) is 25.7 Å². The molecule has 0 radical (unpaired) electrons. The van der Waals surface area contributed by atoms with E-state index < -0.39 is 0 Å². The quantitative estimate of drug-likeness (QED) is 0.307. The molecule has 0 saturated carbocycles. The van der Waals surface area contributed by atoms with E-state index in [1.54, 1.807) is 7.11 Å². The first kappa shape index (κ1) is 22.5. The average molecular weight is 367 g/mol. The van der Waals surface area contributed by atoms with E-state index in [0.717, 1.165) is 49.7 Å². The molecule has 0 saturated heterocycles. The van der Waals surface area contributed by atoms with Gasteiger partial charge < -0.3 is 19.7 Å². The maximum Gasteiger partial charge on any atom is 0.207 e. The van der Waals surface area contributed by atoms with Crippen LogP contribution >= 0.6 is 0 Å². The van der Waals surface area contributed by atoms with Crippen molar-refractivity contribution in [1.29, 1.82) is 0 Å². The summed E-state index contributed by atoms with van der Waals surface area (Å²) in [5.41, 5.74) is 1.82. The molecule has 0 bridgehead atoms. The largest absolute Gasteiger partial charge is 0.504 e. The Kier molecular flexibility index (Phi) is 11.0. The summed E-state index contributed by atoms with van der Waals surface area (Å²) < 4.78 is 10.9. The smallest absolute Gasteiger partial charge is 0.207 e. The van der Waals surface area contributed by atoms with Gasteiger partial charge in [0.05, 0.1) is 14.2 Å². The van der Waals surface area contributed by atoms with Gasteiger partial charge in [0.1, 0.15) is 0 Å². The van der Waals surface area contributed by atoms with Crippen LogP contribution in [0.2, 0.25) is 0 Å². The van der Waals surface area contributed by atoms with Crippen LogP contribution in [0.15, 0.2) is 0 Å². The Morgan fingerprint density at radius 2 is 1.04 bits per heavy atom. The summed E-state index contributed by atoms with van der Waals surface area (Å²) in [6.45, 7) is 4.41. The molecule has 26 heavy (non-hydrogen) atoms. The first-order valence-electron chi connectivity index (χ1n) is 10.3. The van der Waals surface area contributed by atoms with Crippen molar-refractivity contribution in [3.63, 3.8) is 0 Å². The molecule has 0 aromatic heterocycles. The number of unbranched alkanes of at least 4 members (excludes halogenated alkanes) is 8. The highest BCUT2D eigenvalue weighted by Crippen LogP contribution is 2.49. The van der Waals surface area contributed by atoms with Gasteiger partial charge in [0, 0.05) is 11.1 Å². The number of hydrogen-bond donors (Lipinski definition) is 2. The van der Waals surface area contributed by atoms with Gasteiger partial charge in [-0.3, -0.25) is 0 Å². The lowest BCUT2D eigenvalue weighted by molar-refractivity contribution is 0.316. The summed E-state index contributed by atoms with van der Waals surface area (Å²) in [6, 6.07) is 0. The van der Waals surface area contributed by atoms with Crippen LogP contribution in [0, 0.1) is 0 Å². The Morgan fingerprint density at radius 1 is 0.577 bits per heavy atom. The fraction of sp³-hybridized carbons (Fsp3) is 0.727. The summed E-state index contributed by atoms with van der Waals surface area (Å²) in [7, 11) is 3.09. The topological polar surface area (TPSA) is 58.9 Å². The van der Waals surface area contributed by atoms with Crippen molar-refractivity contribution in [3.8, 4) is 23.0 Å². The third kappa shape index (κ3) is 6.30. The van der Waals surface area contributed by atoms with E-state index in [-0.39, 0.29) is 17.2 Å². The molecule has 1 aromatic carbocycles. The Balaban J connectivity index is 3.00. The van der Waals surface area contributed by atoms with Gasteiger partial charge in [-0.25, -0.2) is 0 Å². The molecule has 0 aliphatic rings. The number of benzene rings is 1. The van der Waals surface area contributed by atoms with Gasteiger partial charge in [0.2, 0.25) is 11.5 Å². The van der Waals surface area contributed by atoms with Crippen molar-refractivity contribution in [1.82, 2.24) is 0 Å². The highest BCUT2D eigenvalue weighted by molar-refractivity contribution is 5.66. The molecule has 2 N–H and O–H groups in total. The van der Waals surface area contributed by atoms with E-state index in [9.17, 15) is 10.2 Å².